The van der Waals surface area contributed by atoms with Gasteiger partial charge >= 0.3 is 0 Å². The van der Waals surface area contributed by atoms with Crippen LogP contribution >= 0.6 is 0 Å². The van der Waals surface area contributed by atoms with Gasteiger partial charge in [0.2, 0.25) is 0 Å². The predicted molar refractivity (Wildman–Crippen MR) is 74.4 cm³/mol. The summed E-state index contributed by atoms with van der Waals surface area (Å²) in [4.78, 5) is 0. The first-order valence-electron chi connectivity index (χ1n) is 6.16. The maximum absolute atomic E-state index is 13.5. The molecule has 0 saturated heterocycles. The second-order valence-electron chi connectivity index (χ2n) is 4.53. The fraction of sp³-hybridized carbons (Fsp3) is 0.133. The molecule has 0 aromatic heterocycles. The van der Waals surface area contributed by atoms with E-state index in [1.165, 1.54) is 18.2 Å². The Morgan fingerprint density at radius 2 is 2.00 bits per heavy atom. The number of ether oxygens (including phenoxy) is 1. The Kier molecular flexibility index (Phi) is 4.37. The average Bonchev–Trinajstić information content (AvgIpc) is 2.47. The van der Waals surface area contributed by atoms with E-state index in [0.29, 0.717) is 16.9 Å². The third-order valence-electron chi connectivity index (χ3n) is 2.90. The van der Waals surface area contributed by atoms with Gasteiger partial charge in [-0.3, -0.25) is 0 Å². The first kappa shape index (κ1) is 14.8. The summed E-state index contributed by atoms with van der Waals surface area (Å²) >= 11 is 0. The minimum absolute atomic E-state index is 0.0779. The van der Waals surface area contributed by atoms with Crippen LogP contribution in [0.3, 0.4) is 0 Å². The standard InChI is InChI=1S/C15H14F2N2O2/c1-9-4-13(2-3-14(9)17)21-8-10-5-11(15(18)19-20)7-12(16)6-10/h2-7,20H,8H2,1H3,(H2,18,19). The molecule has 21 heavy (non-hydrogen) atoms. The van der Waals surface area contributed by atoms with Crippen LogP contribution in [0.1, 0.15) is 16.7 Å². The van der Waals surface area contributed by atoms with Crippen molar-refractivity contribution in [2.45, 2.75) is 13.5 Å². The number of hydrogen-bond acceptors (Lipinski definition) is 3. The van der Waals surface area contributed by atoms with Gasteiger partial charge in [-0.2, -0.15) is 0 Å². The zero-order chi connectivity index (χ0) is 15.4. The Bertz CT molecular complexity index is 687. The zero-order valence-electron chi connectivity index (χ0n) is 11.3. The second kappa shape index (κ2) is 6.21. The number of nitrogens with zero attached hydrogens (tertiary/aromatic N) is 1. The molecule has 0 bridgehead atoms. The molecule has 0 aliphatic rings. The quantitative estimate of drug-likeness (QED) is 0.394. The summed E-state index contributed by atoms with van der Waals surface area (Å²) in [5.74, 6) is -0.549. The number of aryl methyl sites for hydroxylation is 1. The summed E-state index contributed by atoms with van der Waals surface area (Å²) in [6.45, 7) is 1.70. The topological polar surface area (TPSA) is 67.8 Å². The molecule has 3 N–H and O–H groups in total. The van der Waals surface area contributed by atoms with Gasteiger partial charge in [0, 0.05) is 5.56 Å². The van der Waals surface area contributed by atoms with Gasteiger partial charge in [-0.25, -0.2) is 8.78 Å². The van der Waals surface area contributed by atoms with Crippen LogP contribution in [0.5, 0.6) is 5.75 Å². The summed E-state index contributed by atoms with van der Waals surface area (Å²) < 4.78 is 32.1. The van der Waals surface area contributed by atoms with E-state index in [0.717, 1.165) is 6.07 Å². The predicted octanol–water partition coefficient (Wildman–Crippen LogP) is 2.95. The molecular formula is C15H14F2N2O2. The molecule has 2 aromatic rings. The SMILES string of the molecule is Cc1cc(OCc2cc(F)cc(/C(N)=N/O)c2)ccc1F. The van der Waals surface area contributed by atoms with Gasteiger partial charge in [0.1, 0.15) is 24.0 Å². The van der Waals surface area contributed by atoms with Crippen molar-refractivity contribution >= 4 is 5.84 Å². The molecule has 0 saturated carbocycles. The summed E-state index contributed by atoms with van der Waals surface area (Å²) in [6, 6.07) is 8.34. The first-order valence-corrected chi connectivity index (χ1v) is 6.16. The van der Waals surface area contributed by atoms with Crippen LogP contribution < -0.4 is 10.5 Å². The highest BCUT2D eigenvalue weighted by atomic mass is 19.1. The molecule has 0 fully saturated rings. The van der Waals surface area contributed by atoms with Crippen molar-refractivity contribution in [1.29, 1.82) is 0 Å². The Morgan fingerprint density at radius 3 is 2.67 bits per heavy atom. The minimum atomic E-state index is -0.520. The van der Waals surface area contributed by atoms with E-state index in [1.54, 1.807) is 19.1 Å². The van der Waals surface area contributed by atoms with Crippen molar-refractivity contribution in [1.82, 2.24) is 0 Å². The number of halogens is 2. The highest BCUT2D eigenvalue weighted by Gasteiger charge is 2.06. The van der Waals surface area contributed by atoms with E-state index in [2.05, 4.69) is 5.16 Å². The third-order valence-corrected chi connectivity index (χ3v) is 2.90. The molecule has 0 heterocycles. The van der Waals surface area contributed by atoms with Crippen molar-refractivity contribution < 1.29 is 18.7 Å². The van der Waals surface area contributed by atoms with Gasteiger partial charge < -0.3 is 15.7 Å². The molecule has 0 amide bonds. The number of amidine groups is 1. The molecule has 2 rings (SSSR count). The van der Waals surface area contributed by atoms with Crippen molar-refractivity contribution in [3.05, 3.63) is 64.7 Å². The van der Waals surface area contributed by atoms with Crippen LogP contribution in [0.2, 0.25) is 0 Å². The molecule has 0 atom stereocenters. The Balaban J connectivity index is 2.16. The maximum Gasteiger partial charge on any atom is 0.170 e. The number of nitrogens with two attached hydrogens (primary N) is 1. The summed E-state index contributed by atoms with van der Waals surface area (Å²) in [5.41, 5.74) is 6.66. The fourth-order valence-corrected chi connectivity index (χ4v) is 1.81. The molecule has 0 radical (unpaired) electrons. The second-order valence-corrected chi connectivity index (χ2v) is 4.53. The highest BCUT2D eigenvalue weighted by molar-refractivity contribution is 5.97. The number of benzene rings is 2. The normalized spacial score (nSPS) is 11.5. The van der Waals surface area contributed by atoms with E-state index in [1.807, 2.05) is 0 Å². The number of hydrogen-bond donors (Lipinski definition) is 2. The third kappa shape index (κ3) is 3.68. The van der Waals surface area contributed by atoms with Gasteiger partial charge in [-0.05, 0) is 54.4 Å². The number of rotatable bonds is 4. The molecule has 2 aromatic carbocycles. The van der Waals surface area contributed by atoms with E-state index in [4.69, 9.17) is 15.7 Å². The van der Waals surface area contributed by atoms with Crippen molar-refractivity contribution in [3.63, 3.8) is 0 Å². The lowest BCUT2D eigenvalue weighted by atomic mass is 10.1. The van der Waals surface area contributed by atoms with Crippen LogP contribution in [0.15, 0.2) is 41.6 Å². The molecule has 110 valence electrons. The molecule has 0 spiro atoms. The average molecular weight is 292 g/mol. The summed E-state index contributed by atoms with van der Waals surface area (Å²) in [5, 5.41) is 11.4. The Labute approximate surface area is 120 Å². The summed E-state index contributed by atoms with van der Waals surface area (Å²) in [7, 11) is 0. The lowest BCUT2D eigenvalue weighted by Crippen LogP contribution is -2.14. The maximum atomic E-state index is 13.5. The van der Waals surface area contributed by atoms with Gasteiger partial charge in [0.05, 0.1) is 0 Å². The minimum Gasteiger partial charge on any atom is -0.489 e. The molecule has 0 aliphatic carbocycles. The lowest BCUT2D eigenvalue weighted by Gasteiger charge is -2.09. The smallest absolute Gasteiger partial charge is 0.170 e. The molecule has 4 nitrogen and oxygen atoms in total. The number of oxime groups is 1. The van der Waals surface area contributed by atoms with Crippen LogP contribution in [-0.2, 0) is 6.61 Å². The van der Waals surface area contributed by atoms with Gasteiger partial charge in [-0.1, -0.05) is 5.16 Å². The molecular weight excluding hydrogens is 278 g/mol. The first-order chi connectivity index (χ1) is 9.99. The van der Waals surface area contributed by atoms with E-state index in [-0.39, 0.29) is 23.8 Å². The molecule has 6 heteroatoms. The largest absolute Gasteiger partial charge is 0.489 e. The molecule has 0 unspecified atom stereocenters. The van der Waals surface area contributed by atoms with E-state index in [9.17, 15) is 8.78 Å². The van der Waals surface area contributed by atoms with Crippen LogP contribution in [0.4, 0.5) is 8.78 Å². The van der Waals surface area contributed by atoms with Crippen LogP contribution in [-0.4, -0.2) is 11.0 Å². The van der Waals surface area contributed by atoms with Gasteiger partial charge in [-0.15, -0.1) is 0 Å². The Hall–Kier alpha value is -2.63. The van der Waals surface area contributed by atoms with Crippen molar-refractivity contribution in [2.75, 3.05) is 0 Å². The monoisotopic (exact) mass is 292 g/mol. The van der Waals surface area contributed by atoms with Gasteiger partial charge in [0.25, 0.3) is 0 Å². The van der Waals surface area contributed by atoms with Crippen molar-refractivity contribution in [2.24, 2.45) is 10.9 Å². The summed E-state index contributed by atoms with van der Waals surface area (Å²) in [6.07, 6.45) is 0. The van der Waals surface area contributed by atoms with E-state index < -0.39 is 5.82 Å². The lowest BCUT2D eigenvalue weighted by molar-refractivity contribution is 0.304. The van der Waals surface area contributed by atoms with Crippen LogP contribution in [0.25, 0.3) is 0 Å². The van der Waals surface area contributed by atoms with Crippen molar-refractivity contribution in [3.8, 4) is 5.75 Å². The zero-order valence-corrected chi connectivity index (χ0v) is 11.3. The molecule has 0 aliphatic heterocycles. The fourth-order valence-electron chi connectivity index (χ4n) is 1.81. The highest BCUT2D eigenvalue weighted by Crippen LogP contribution is 2.18. The Morgan fingerprint density at radius 1 is 1.24 bits per heavy atom. The van der Waals surface area contributed by atoms with Gasteiger partial charge in [0.15, 0.2) is 5.84 Å². The van der Waals surface area contributed by atoms with E-state index >= 15 is 0 Å². The van der Waals surface area contributed by atoms with Crippen LogP contribution in [0, 0.1) is 18.6 Å².